The van der Waals surface area contributed by atoms with Gasteiger partial charge in [-0.1, -0.05) is 11.6 Å². The highest BCUT2D eigenvalue weighted by Gasteiger charge is 2.19. The number of rotatable bonds is 3. The van der Waals surface area contributed by atoms with Crippen molar-refractivity contribution < 1.29 is 13.5 Å². The van der Waals surface area contributed by atoms with Gasteiger partial charge in [-0.2, -0.15) is 0 Å². The van der Waals surface area contributed by atoms with E-state index in [2.05, 4.69) is 4.98 Å². The molecule has 2 aromatic rings. The molecule has 1 aliphatic rings. The van der Waals surface area contributed by atoms with Crippen molar-refractivity contribution in [2.24, 2.45) is 0 Å². The van der Waals surface area contributed by atoms with Crippen molar-refractivity contribution in [2.45, 2.75) is 12.8 Å². The molecule has 3 nitrogen and oxygen atoms in total. The van der Waals surface area contributed by atoms with Crippen LogP contribution in [0.25, 0.3) is 0 Å². The molecule has 0 aliphatic carbocycles. The van der Waals surface area contributed by atoms with Crippen LogP contribution in [0.1, 0.15) is 12.8 Å². The predicted octanol–water partition coefficient (Wildman–Crippen LogP) is 4.41. The zero-order chi connectivity index (χ0) is 14.8. The lowest BCUT2D eigenvalue weighted by Crippen LogP contribution is -2.19. The van der Waals surface area contributed by atoms with Gasteiger partial charge in [0.1, 0.15) is 16.7 Å². The van der Waals surface area contributed by atoms with Crippen LogP contribution in [0.5, 0.6) is 11.5 Å². The molecule has 1 fully saturated rings. The fourth-order valence-electron chi connectivity index (χ4n) is 2.37. The minimum Gasteiger partial charge on any atom is -0.454 e. The van der Waals surface area contributed by atoms with Gasteiger partial charge in [-0.15, -0.1) is 0 Å². The molecule has 1 aromatic heterocycles. The average Bonchev–Trinajstić information content (AvgIpc) is 2.96. The SMILES string of the molecule is Fc1cc(N2CCCC2)c(F)cc1Oc1ccnc(Cl)c1. The van der Waals surface area contributed by atoms with Gasteiger partial charge in [0.15, 0.2) is 11.6 Å². The number of ether oxygens (including phenoxy) is 1. The Bertz CT molecular complexity index is 660. The molecule has 1 aromatic carbocycles. The highest BCUT2D eigenvalue weighted by molar-refractivity contribution is 6.29. The van der Waals surface area contributed by atoms with Crippen LogP contribution in [0.3, 0.4) is 0 Å². The van der Waals surface area contributed by atoms with E-state index in [9.17, 15) is 8.78 Å². The molecule has 2 heterocycles. The van der Waals surface area contributed by atoms with Crippen molar-refractivity contribution in [1.82, 2.24) is 4.98 Å². The van der Waals surface area contributed by atoms with Crippen LogP contribution in [-0.4, -0.2) is 18.1 Å². The average molecular weight is 311 g/mol. The summed E-state index contributed by atoms with van der Waals surface area (Å²) in [4.78, 5) is 5.64. The third-order valence-electron chi connectivity index (χ3n) is 3.37. The fourth-order valence-corrected chi connectivity index (χ4v) is 2.54. The van der Waals surface area contributed by atoms with Crippen LogP contribution in [0.15, 0.2) is 30.5 Å². The second kappa shape index (κ2) is 5.85. The summed E-state index contributed by atoms with van der Waals surface area (Å²) in [6, 6.07) is 5.21. The van der Waals surface area contributed by atoms with Gasteiger partial charge in [0.25, 0.3) is 0 Å². The Balaban J connectivity index is 1.88. The third-order valence-corrected chi connectivity index (χ3v) is 3.58. The van der Waals surface area contributed by atoms with Crippen molar-refractivity contribution >= 4 is 17.3 Å². The maximum atomic E-state index is 14.1. The van der Waals surface area contributed by atoms with Gasteiger partial charge in [-0.25, -0.2) is 13.8 Å². The Labute approximate surface area is 126 Å². The normalized spacial score (nSPS) is 14.5. The molecule has 21 heavy (non-hydrogen) atoms. The largest absolute Gasteiger partial charge is 0.454 e. The minimum atomic E-state index is -0.605. The molecular formula is C15H13ClF2N2O. The van der Waals surface area contributed by atoms with E-state index in [0.717, 1.165) is 32.0 Å². The number of hydrogen-bond donors (Lipinski definition) is 0. The first-order chi connectivity index (χ1) is 10.1. The number of benzene rings is 1. The Morgan fingerprint density at radius 3 is 2.57 bits per heavy atom. The van der Waals surface area contributed by atoms with E-state index in [4.69, 9.17) is 16.3 Å². The fraction of sp³-hybridized carbons (Fsp3) is 0.267. The van der Waals surface area contributed by atoms with E-state index in [0.29, 0.717) is 5.75 Å². The highest BCUT2D eigenvalue weighted by Crippen LogP contribution is 2.32. The molecule has 0 unspecified atom stereocenters. The molecule has 0 bridgehead atoms. The van der Waals surface area contributed by atoms with Gasteiger partial charge >= 0.3 is 0 Å². The molecule has 0 atom stereocenters. The summed E-state index contributed by atoms with van der Waals surface area (Å²) in [6.45, 7) is 1.49. The van der Waals surface area contributed by atoms with E-state index in [1.807, 2.05) is 4.90 Å². The summed E-state index contributed by atoms with van der Waals surface area (Å²) >= 11 is 5.73. The Kier molecular flexibility index (Phi) is 3.92. The standard InChI is InChI=1S/C15H13ClF2N2O/c16-15-7-10(3-4-19-15)21-14-9-11(17)13(8-12(14)18)20-5-1-2-6-20/h3-4,7-9H,1-2,5-6H2. The van der Waals surface area contributed by atoms with Gasteiger partial charge in [0.2, 0.25) is 0 Å². The van der Waals surface area contributed by atoms with Crippen molar-refractivity contribution in [1.29, 1.82) is 0 Å². The van der Waals surface area contributed by atoms with E-state index >= 15 is 0 Å². The Hall–Kier alpha value is -1.88. The molecule has 1 saturated heterocycles. The van der Waals surface area contributed by atoms with Crippen LogP contribution in [-0.2, 0) is 0 Å². The Morgan fingerprint density at radius 2 is 1.86 bits per heavy atom. The summed E-state index contributed by atoms with van der Waals surface area (Å²) in [5.41, 5.74) is 0.283. The highest BCUT2D eigenvalue weighted by atomic mass is 35.5. The first kappa shape index (κ1) is 14.1. The van der Waals surface area contributed by atoms with E-state index in [-0.39, 0.29) is 16.6 Å². The van der Waals surface area contributed by atoms with Gasteiger partial charge in [0.05, 0.1) is 5.69 Å². The van der Waals surface area contributed by atoms with Gasteiger partial charge in [0, 0.05) is 37.5 Å². The molecule has 0 spiro atoms. The van der Waals surface area contributed by atoms with E-state index < -0.39 is 11.6 Å². The van der Waals surface area contributed by atoms with E-state index in [1.54, 1.807) is 0 Å². The van der Waals surface area contributed by atoms with Crippen molar-refractivity contribution in [3.05, 3.63) is 47.2 Å². The lowest BCUT2D eigenvalue weighted by Gasteiger charge is -2.19. The van der Waals surface area contributed by atoms with Crippen LogP contribution < -0.4 is 9.64 Å². The molecular weight excluding hydrogens is 298 g/mol. The second-order valence-electron chi connectivity index (χ2n) is 4.84. The predicted molar refractivity (Wildman–Crippen MR) is 77.1 cm³/mol. The number of nitrogens with zero attached hydrogens (tertiary/aromatic N) is 2. The van der Waals surface area contributed by atoms with Crippen molar-refractivity contribution in [2.75, 3.05) is 18.0 Å². The minimum absolute atomic E-state index is 0.169. The van der Waals surface area contributed by atoms with Crippen LogP contribution >= 0.6 is 11.6 Å². The molecule has 1 aliphatic heterocycles. The zero-order valence-corrected chi connectivity index (χ0v) is 11.9. The second-order valence-corrected chi connectivity index (χ2v) is 5.23. The topological polar surface area (TPSA) is 25.4 Å². The number of anilines is 1. The summed E-state index contributed by atoms with van der Waals surface area (Å²) < 4.78 is 33.6. The smallest absolute Gasteiger partial charge is 0.168 e. The maximum absolute atomic E-state index is 14.1. The Morgan fingerprint density at radius 1 is 1.10 bits per heavy atom. The van der Waals surface area contributed by atoms with Crippen molar-refractivity contribution in [3.63, 3.8) is 0 Å². The molecule has 0 radical (unpaired) electrons. The number of halogens is 3. The molecule has 110 valence electrons. The molecule has 0 N–H and O–H groups in total. The van der Waals surface area contributed by atoms with Gasteiger partial charge < -0.3 is 9.64 Å². The van der Waals surface area contributed by atoms with E-state index in [1.165, 1.54) is 24.4 Å². The lowest BCUT2D eigenvalue weighted by molar-refractivity contribution is 0.436. The molecule has 6 heteroatoms. The zero-order valence-electron chi connectivity index (χ0n) is 11.2. The first-order valence-electron chi connectivity index (χ1n) is 6.67. The quantitative estimate of drug-likeness (QED) is 0.785. The van der Waals surface area contributed by atoms with Crippen LogP contribution in [0.2, 0.25) is 5.15 Å². The van der Waals surface area contributed by atoms with Crippen molar-refractivity contribution in [3.8, 4) is 11.5 Å². The third kappa shape index (κ3) is 3.08. The summed E-state index contributed by atoms with van der Waals surface area (Å²) in [5, 5.41) is 0.224. The first-order valence-corrected chi connectivity index (χ1v) is 7.05. The number of pyridine rings is 1. The number of hydrogen-bond acceptors (Lipinski definition) is 3. The summed E-state index contributed by atoms with van der Waals surface area (Å²) in [6.07, 6.45) is 3.42. The number of aromatic nitrogens is 1. The summed E-state index contributed by atoms with van der Waals surface area (Å²) in [7, 11) is 0. The maximum Gasteiger partial charge on any atom is 0.168 e. The monoisotopic (exact) mass is 310 g/mol. The van der Waals surface area contributed by atoms with Crippen LogP contribution in [0, 0.1) is 11.6 Å². The molecule has 0 amide bonds. The van der Waals surface area contributed by atoms with Crippen LogP contribution in [0.4, 0.5) is 14.5 Å². The molecule has 0 saturated carbocycles. The molecule has 3 rings (SSSR count). The van der Waals surface area contributed by atoms with Gasteiger partial charge in [-0.3, -0.25) is 0 Å². The summed E-state index contributed by atoms with van der Waals surface area (Å²) in [5.74, 6) is -0.959. The van der Waals surface area contributed by atoms with Gasteiger partial charge in [-0.05, 0) is 18.9 Å². The lowest BCUT2D eigenvalue weighted by atomic mass is 10.2.